The SMILES string of the molecule is CCN(Cc1ccc(OC)c(OC)c1)C(=O)CSc1ncnc2ccccc12. The summed E-state index contributed by atoms with van der Waals surface area (Å²) >= 11 is 1.44. The van der Waals surface area contributed by atoms with Gasteiger partial charge in [0, 0.05) is 18.5 Å². The molecule has 1 amide bonds. The van der Waals surface area contributed by atoms with Gasteiger partial charge in [-0.15, -0.1) is 0 Å². The lowest BCUT2D eigenvalue weighted by Crippen LogP contribution is -2.31. The minimum Gasteiger partial charge on any atom is -0.493 e. The van der Waals surface area contributed by atoms with Crippen molar-refractivity contribution in [3.63, 3.8) is 0 Å². The van der Waals surface area contributed by atoms with E-state index in [0.717, 1.165) is 21.5 Å². The molecule has 28 heavy (non-hydrogen) atoms. The van der Waals surface area contributed by atoms with Crippen LogP contribution in [0, 0.1) is 0 Å². The molecule has 0 aliphatic rings. The van der Waals surface area contributed by atoms with E-state index >= 15 is 0 Å². The smallest absolute Gasteiger partial charge is 0.233 e. The number of ether oxygens (including phenoxy) is 2. The zero-order valence-corrected chi connectivity index (χ0v) is 17.0. The van der Waals surface area contributed by atoms with Crippen molar-refractivity contribution in [1.82, 2.24) is 14.9 Å². The third-order valence-electron chi connectivity index (χ3n) is 4.39. The van der Waals surface area contributed by atoms with Gasteiger partial charge in [-0.05, 0) is 30.7 Å². The van der Waals surface area contributed by atoms with Crippen molar-refractivity contribution >= 4 is 28.6 Å². The summed E-state index contributed by atoms with van der Waals surface area (Å²) < 4.78 is 10.6. The minimum absolute atomic E-state index is 0.0602. The first kappa shape index (κ1) is 19.9. The number of aromatic nitrogens is 2. The zero-order valence-electron chi connectivity index (χ0n) is 16.2. The summed E-state index contributed by atoms with van der Waals surface area (Å²) in [4.78, 5) is 23.2. The Balaban J connectivity index is 1.68. The Morgan fingerprint density at radius 1 is 1.07 bits per heavy atom. The molecule has 0 aliphatic carbocycles. The molecule has 3 rings (SSSR count). The predicted molar refractivity (Wildman–Crippen MR) is 111 cm³/mol. The van der Waals surface area contributed by atoms with Crippen molar-refractivity contribution < 1.29 is 14.3 Å². The van der Waals surface area contributed by atoms with E-state index < -0.39 is 0 Å². The van der Waals surface area contributed by atoms with E-state index in [9.17, 15) is 4.79 Å². The third kappa shape index (κ3) is 4.54. The number of thioether (sulfide) groups is 1. The molecule has 2 aromatic carbocycles. The highest BCUT2D eigenvalue weighted by Gasteiger charge is 2.15. The molecular weight excluding hydrogens is 374 g/mol. The number of amides is 1. The van der Waals surface area contributed by atoms with E-state index in [1.54, 1.807) is 14.2 Å². The molecule has 146 valence electrons. The van der Waals surface area contributed by atoms with E-state index in [-0.39, 0.29) is 5.91 Å². The van der Waals surface area contributed by atoms with Crippen LogP contribution in [0.2, 0.25) is 0 Å². The largest absolute Gasteiger partial charge is 0.493 e. The molecule has 0 aliphatic heterocycles. The van der Waals surface area contributed by atoms with Crippen molar-refractivity contribution in [2.45, 2.75) is 18.5 Å². The van der Waals surface area contributed by atoms with Gasteiger partial charge >= 0.3 is 0 Å². The quantitative estimate of drug-likeness (QED) is 0.426. The lowest BCUT2D eigenvalue weighted by molar-refractivity contribution is -0.128. The normalized spacial score (nSPS) is 10.7. The fourth-order valence-corrected chi connectivity index (χ4v) is 3.78. The molecule has 0 radical (unpaired) electrons. The Labute approximate surface area is 168 Å². The molecule has 7 heteroatoms. The standard InChI is InChI=1S/C21H23N3O3S/c1-4-24(12-15-9-10-18(26-2)19(11-15)27-3)20(25)13-28-21-16-7-5-6-8-17(16)22-14-23-21/h5-11,14H,4,12-13H2,1-3H3. The van der Waals surface area contributed by atoms with Crippen molar-refractivity contribution in [3.05, 3.63) is 54.4 Å². The summed E-state index contributed by atoms with van der Waals surface area (Å²) in [5.41, 5.74) is 1.87. The predicted octanol–water partition coefficient (Wildman–Crippen LogP) is 3.79. The van der Waals surface area contributed by atoms with E-state index in [1.807, 2.05) is 54.3 Å². The van der Waals surface area contributed by atoms with Crippen LogP contribution in [0.5, 0.6) is 11.5 Å². The number of hydrogen-bond acceptors (Lipinski definition) is 6. The van der Waals surface area contributed by atoms with Crippen LogP contribution in [0.15, 0.2) is 53.8 Å². The number of rotatable bonds is 8. The fourth-order valence-electron chi connectivity index (χ4n) is 2.89. The third-order valence-corrected chi connectivity index (χ3v) is 5.38. The van der Waals surface area contributed by atoms with Crippen LogP contribution in [-0.2, 0) is 11.3 Å². The Hall–Kier alpha value is -2.80. The average molecular weight is 398 g/mol. The molecular formula is C21H23N3O3S. The van der Waals surface area contributed by atoms with Gasteiger partial charge in [-0.3, -0.25) is 4.79 Å². The molecule has 1 aromatic heterocycles. The van der Waals surface area contributed by atoms with Gasteiger partial charge < -0.3 is 14.4 Å². The summed E-state index contributed by atoms with van der Waals surface area (Å²) in [6.07, 6.45) is 1.54. The lowest BCUT2D eigenvalue weighted by Gasteiger charge is -2.21. The number of methoxy groups -OCH3 is 2. The summed E-state index contributed by atoms with van der Waals surface area (Å²) in [6.45, 7) is 3.11. The average Bonchev–Trinajstić information content (AvgIpc) is 2.75. The second kappa shape index (κ2) is 9.41. The Morgan fingerprint density at radius 3 is 2.61 bits per heavy atom. The highest BCUT2D eigenvalue weighted by atomic mass is 32.2. The first-order valence-corrected chi connectivity index (χ1v) is 9.96. The molecule has 0 atom stereocenters. The van der Waals surface area contributed by atoms with E-state index in [0.29, 0.717) is 30.3 Å². The van der Waals surface area contributed by atoms with Gasteiger partial charge in [0.1, 0.15) is 11.4 Å². The van der Waals surface area contributed by atoms with Crippen molar-refractivity contribution in [2.75, 3.05) is 26.5 Å². The lowest BCUT2D eigenvalue weighted by atomic mass is 10.2. The Kier molecular flexibility index (Phi) is 6.71. The number of hydrogen-bond donors (Lipinski definition) is 0. The second-order valence-electron chi connectivity index (χ2n) is 6.08. The van der Waals surface area contributed by atoms with Crippen LogP contribution in [-0.4, -0.2) is 47.3 Å². The van der Waals surface area contributed by atoms with Crippen LogP contribution in [0.25, 0.3) is 10.9 Å². The molecule has 0 spiro atoms. The molecule has 0 saturated heterocycles. The van der Waals surface area contributed by atoms with E-state index in [4.69, 9.17) is 9.47 Å². The number of fused-ring (bicyclic) bond motifs is 1. The molecule has 6 nitrogen and oxygen atoms in total. The Morgan fingerprint density at radius 2 is 1.86 bits per heavy atom. The number of carbonyl (C=O) groups excluding carboxylic acids is 1. The summed E-state index contributed by atoms with van der Waals surface area (Å²) in [6, 6.07) is 13.5. The number of carbonyl (C=O) groups is 1. The zero-order chi connectivity index (χ0) is 19.9. The molecule has 0 unspecified atom stereocenters. The number of benzene rings is 2. The Bertz CT molecular complexity index is 959. The monoisotopic (exact) mass is 397 g/mol. The topological polar surface area (TPSA) is 64.6 Å². The summed E-state index contributed by atoms with van der Waals surface area (Å²) in [7, 11) is 3.21. The highest BCUT2D eigenvalue weighted by Crippen LogP contribution is 2.28. The maximum Gasteiger partial charge on any atom is 0.233 e. The first-order chi connectivity index (χ1) is 13.7. The molecule has 0 bridgehead atoms. The van der Waals surface area contributed by atoms with Gasteiger partial charge in [-0.2, -0.15) is 0 Å². The molecule has 0 saturated carbocycles. The van der Waals surface area contributed by atoms with Crippen LogP contribution >= 0.6 is 11.8 Å². The van der Waals surface area contributed by atoms with E-state index in [1.165, 1.54) is 18.1 Å². The summed E-state index contributed by atoms with van der Waals surface area (Å²) in [5.74, 6) is 1.71. The highest BCUT2D eigenvalue weighted by molar-refractivity contribution is 8.00. The van der Waals surface area contributed by atoms with Crippen LogP contribution < -0.4 is 9.47 Å². The van der Waals surface area contributed by atoms with E-state index in [2.05, 4.69) is 9.97 Å². The maximum atomic E-state index is 12.8. The van der Waals surface area contributed by atoms with Gasteiger partial charge in [0.15, 0.2) is 11.5 Å². The second-order valence-corrected chi connectivity index (χ2v) is 7.05. The van der Waals surface area contributed by atoms with Crippen molar-refractivity contribution in [2.24, 2.45) is 0 Å². The molecule has 3 aromatic rings. The number of para-hydroxylation sites is 1. The molecule has 0 N–H and O–H groups in total. The minimum atomic E-state index is 0.0602. The van der Waals surface area contributed by atoms with Crippen LogP contribution in [0.4, 0.5) is 0 Å². The van der Waals surface area contributed by atoms with Crippen LogP contribution in [0.3, 0.4) is 0 Å². The van der Waals surface area contributed by atoms with Gasteiger partial charge in [-0.25, -0.2) is 9.97 Å². The van der Waals surface area contributed by atoms with Gasteiger partial charge in [0.05, 0.1) is 25.5 Å². The van der Waals surface area contributed by atoms with Gasteiger partial charge in [0.25, 0.3) is 0 Å². The van der Waals surface area contributed by atoms with Crippen LogP contribution in [0.1, 0.15) is 12.5 Å². The first-order valence-electron chi connectivity index (χ1n) is 8.97. The van der Waals surface area contributed by atoms with Gasteiger partial charge in [0.2, 0.25) is 5.91 Å². The maximum absolute atomic E-state index is 12.8. The van der Waals surface area contributed by atoms with Crippen molar-refractivity contribution in [1.29, 1.82) is 0 Å². The van der Waals surface area contributed by atoms with Crippen molar-refractivity contribution in [3.8, 4) is 11.5 Å². The number of nitrogens with zero attached hydrogens (tertiary/aromatic N) is 3. The fraction of sp³-hybridized carbons (Fsp3) is 0.286. The van der Waals surface area contributed by atoms with Gasteiger partial charge in [-0.1, -0.05) is 36.0 Å². The molecule has 1 heterocycles. The molecule has 0 fully saturated rings. The summed E-state index contributed by atoms with van der Waals surface area (Å²) in [5, 5.41) is 1.78.